The smallest absolute Gasteiger partial charge is 0.196 e. The van der Waals surface area contributed by atoms with Gasteiger partial charge in [-0.2, -0.15) is 0 Å². The molecule has 0 amide bonds. The molecule has 0 aliphatic rings. The van der Waals surface area contributed by atoms with Crippen molar-refractivity contribution in [3.05, 3.63) is 63.1 Å². The van der Waals surface area contributed by atoms with Gasteiger partial charge in [-0.05, 0) is 42.8 Å². The summed E-state index contributed by atoms with van der Waals surface area (Å²) in [6, 6.07) is 10.1. The summed E-state index contributed by atoms with van der Waals surface area (Å²) in [6.45, 7) is 1.85. The fourth-order valence-electron chi connectivity index (χ4n) is 1.68. The second-order valence-corrected chi connectivity index (χ2v) is 4.81. The number of hydrogen-bond donors (Lipinski definition) is 1. The van der Waals surface area contributed by atoms with Crippen molar-refractivity contribution < 1.29 is 4.79 Å². The van der Waals surface area contributed by atoms with E-state index in [0.717, 1.165) is 5.56 Å². The molecule has 0 aromatic heterocycles. The van der Waals surface area contributed by atoms with Crippen LogP contribution in [0.2, 0.25) is 10.0 Å². The summed E-state index contributed by atoms with van der Waals surface area (Å²) in [6.07, 6.45) is 0. The summed E-state index contributed by atoms with van der Waals surface area (Å²) in [4.78, 5) is 12.3. The third-order valence-corrected chi connectivity index (χ3v) is 3.35. The maximum absolute atomic E-state index is 12.3. The Morgan fingerprint density at radius 2 is 1.72 bits per heavy atom. The molecule has 0 radical (unpaired) electrons. The van der Waals surface area contributed by atoms with E-state index in [1.807, 2.05) is 6.92 Å². The number of nitrogens with two attached hydrogens (primary N) is 1. The number of benzene rings is 2. The molecule has 0 saturated carbocycles. The number of carbonyl (C=O) groups excluding carboxylic acids is 1. The molecule has 2 nitrogen and oxygen atoms in total. The van der Waals surface area contributed by atoms with Gasteiger partial charge in [0, 0.05) is 11.3 Å². The van der Waals surface area contributed by atoms with E-state index < -0.39 is 0 Å². The quantitative estimate of drug-likeness (QED) is 0.664. The van der Waals surface area contributed by atoms with Gasteiger partial charge in [-0.25, -0.2) is 0 Å². The summed E-state index contributed by atoms with van der Waals surface area (Å²) in [7, 11) is 0. The van der Waals surface area contributed by atoms with E-state index in [0.29, 0.717) is 26.9 Å². The number of nitrogen functional groups attached to an aromatic ring is 1. The lowest BCUT2D eigenvalue weighted by Crippen LogP contribution is -2.04. The van der Waals surface area contributed by atoms with Gasteiger partial charge in [-0.3, -0.25) is 4.79 Å². The minimum absolute atomic E-state index is 0.200. The molecule has 2 N–H and O–H groups in total. The topological polar surface area (TPSA) is 43.1 Å². The van der Waals surface area contributed by atoms with Crippen molar-refractivity contribution in [3.8, 4) is 0 Å². The minimum atomic E-state index is -0.200. The Morgan fingerprint density at radius 1 is 1.11 bits per heavy atom. The van der Waals surface area contributed by atoms with Crippen LogP contribution in [0.4, 0.5) is 5.69 Å². The Kier molecular flexibility index (Phi) is 3.60. The number of anilines is 1. The molecule has 4 heteroatoms. The van der Waals surface area contributed by atoms with Crippen LogP contribution in [0, 0.1) is 6.92 Å². The molecule has 0 heterocycles. The number of aryl methyl sites for hydroxylation is 1. The highest BCUT2D eigenvalue weighted by Gasteiger charge is 2.16. The largest absolute Gasteiger partial charge is 0.399 e. The van der Waals surface area contributed by atoms with E-state index in [2.05, 4.69) is 0 Å². The molecule has 0 atom stereocenters. The van der Waals surface area contributed by atoms with Gasteiger partial charge in [0.1, 0.15) is 0 Å². The van der Waals surface area contributed by atoms with E-state index in [1.54, 1.807) is 36.4 Å². The van der Waals surface area contributed by atoms with Gasteiger partial charge in [-0.15, -0.1) is 0 Å². The van der Waals surface area contributed by atoms with Crippen LogP contribution in [0.1, 0.15) is 21.5 Å². The number of halogens is 2. The number of rotatable bonds is 2. The predicted octanol–water partition coefficient (Wildman–Crippen LogP) is 4.12. The van der Waals surface area contributed by atoms with Gasteiger partial charge < -0.3 is 5.73 Å². The van der Waals surface area contributed by atoms with Crippen molar-refractivity contribution in [1.29, 1.82) is 0 Å². The van der Waals surface area contributed by atoms with Gasteiger partial charge >= 0.3 is 0 Å². The maximum atomic E-state index is 12.3. The van der Waals surface area contributed by atoms with Gasteiger partial charge in [0.05, 0.1) is 15.6 Å². The molecule has 0 aliphatic heterocycles. The molecular formula is C14H11Cl2NO. The maximum Gasteiger partial charge on any atom is 0.196 e. The van der Waals surface area contributed by atoms with Gasteiger partial charge in [0.15, 0.2) is 5.78 Å². The van der Waals surface area contributed by atoms with Crippen LogP contribution in [0.5, 0.6) is 0 Å². The van der Waals surface area contributed by atoms with Gasteiger partial charge in [-0.1, -0.05) is 29.3 Å². The van der Waals surface area contributed by atoms with E-state index in [9.17, 15) is 4.79 Å². The number of hydrogen-bond acceptors (Lipinski definition) is 2. The van der Waals surface area contributed by atoms with Crippen LogP contribution in [-0.4, -0.2) is 5.78 Å². The summed E-state index contributed by atoms with van der Waals surface area (Å²) in [5.41, 5.74) is 8.07. The van der Waals surface area contributed by atoms with Gasteiger partial charge in [0.2, 0.25) is 0 Å². The van der Waals surface area contributed by atoms with Crippen molar-refractivity contribution in [2.75, 3.05) is 5.73 Å². The number of ketones is 1. The average molecular weight is 280 g/mol. The summed E-state index contributed by atoms with van der Waals surface area (Å²) in [5, 5.41) is 0.698. The lowest BCUT2D eigenvalue weighted by atomic mass is 10.0. The van der Waals surface area contributed by atoms with E-state index >= 15 is 0 Å². The summed E-state index contributed by atoms with van der Waals surface area (Å²) < 4.78 is 0. The highest BCUT2D eigenvalue weighted by atomic mass is 35.5. The first-order valence-electron chi connectivity index (χ1n) is 5.35. The predicted molar refractivity (Wildman–Crippen MR) is 75.5 cm³/mol. The Bertz CT molecular complexity index is 603. The SMILES string of the molecule is Cc1cc(C(=O)c2c(Cl)cccc2Cl)ccc1N. The Hall–Kier alpha value is -1.51. The zero-order chi connectivity index (χ0) is 13.3. The van der Waals surface area contributed by atoms with Crippen molar-refractivity contribution in [2.24, 2.45) is 0 Å². The first-order chi connectivity index (χ1) is 8.50. The Balaban J connectivity index is 2.51. The second-order valence-electron chi connectivity index (χ2n) is 4.00. The first-order valence-corrected chi connectivity index (χ1v) is 6.11. The minimum Gasteiger partial charge on any atom is -0.399 e. The highest BCUT2D eigenvalue weighted by Crippen LogP contribution is 2.27. The first kappa shape index (κ1) is 12.9. The normalized spacial score (nSPS) is 10.4. The highest BCUT2D eigenvalue weighted by molar-refractivity contribution is 6.41. The van der Waals surface area contributed by atoms with E-state index in [-0.39, 0.29) is 5.78 Å². The van der Waals surface area contributed by atoms with Crippen molar-refractivity contribution in [2.45, 2.75) is 6.92 Å². The van der Waals surface area contributed by atoms with Crippen LogP contribution in [0.25, 0.3) is 0 Å². The molecule has 0 spiro atoms. The fraction of sp³-hybridized carbons (Fsp3) is 0.0714. The zero-order valence-corrected chi connectivity index (χ0v) is 11.2. The lowest BCUT2D eigenvalue weighted by molar-refractivity contribution is 0.103. The van der Waals surface area contributed by atoms with Crippen molar-refractivity contribution in [1.82, 2.24) is 0 Å². The molecule has 92 valence electrons. The third-order valence-electron chi connectivity index (χ3n) is 2.72. The third kappa shape index (κ3) is 2.35. The van der Waals surface area contributed by atoms with Crippen LogP contribution in [-0.2, 0) is 0 Å². The molecule has 0 unspecified atom stereocenters. The van der Waals surface area contributed by atoms with Crippen LogP contribution in [0.3, 0.4) is 0 Å². The van der Waals surface area contributed by atoms with Crippen molar-refractivity contribution in [3.63, 3.8) is 0 Å². The molecule has 0 saturated heterocycles. The fourth-order valence-corrected chi connectivity index (χ4v) is 2.25. The summed E-state index contributed by atoms with van der Waals surface area (Å²) in [5.74, 6) is -0.200. The number of carbonyl (C=O) groups is 1. The second kappa shape index (κ2) is 5.01. The van der Waals surface area contributed by atoms with Crippen molar-refractivity contribution >= 4 is 34.7 Å². The van der Waals surface area contributed by atoms with E-state index in [1.165, 1.54) is 0 Å². The molecule has 2 aromatic carbocycles. The lowest BCUT2D eigenvalue weighted by Gasteiger charge is -2.07. The van der Waals surface area contributed by atoms with Crippen LogP contribution < -0.4 is 5.73 Å². The van der Waals surface area contributed by atoms with Gasteiger partial charge in [0.25, 0.3) is 0 Å². The average Bonchev–Trinajstić information content (AvgIpc) is 2.32. The molecule has 2 aromatic rings. The Labute approximate surface area is 115 Å². The molecule has 2 rings (SSSR count). The zero-order valence-electron chi connectivity index (χ0n) is 9.71. The van der Waals surface area contributed by atoms with Crippen LogP contribution in [0.15, 0.2) is 36.4 Å². The summed E-state index contributed by atoms with van der Waals surface area (Å²) >= 11 is 12.0. The van der Waals surface area contributed by atoms with E-state index in [4.69, 9.17) is 28.9 Å². The molecule has 0 aliphatic carbocycles. The monoisotopic (exact) mass is 279 g/mol. The standard InChI is InChI=1S/C14H11Cl2NO/c1-8-7-9(5-6-12(8)17)14(18)13-10(15)3-2-4-11(13)16/h2-7H,17H2,1H3. The molecule has 0 fully saturated rings. The van der Waals surface area contributed by atoms with Crippen LogP contribution >= 0.6 is 23.2 Å². The molecule has 18 heavy (non-hydrogen) atoms. The molecule has 0 bridgehead atoms. The Morgan fingerprint density at radius 3 is 2.28 bits per heavy atom. The molecular weight excluding hydrogens is 269 g/mol.